The van der Waals surface area contributed by atoms with Crippen molar-refractivity contribution in [2.75, 3.05) is 26.3 Å². The van der Waals surface area contributed by atoms with Crippen molar-refractivity contribution in [2.45, 2.75) is 142 Å². The highest BCUT2D eigenvalue weighted by Gasteiger charge is 2.04. The van der Waals surface area contributed by atoms with Crippen LogP contribution in [0, 0.1) is 0 Å². The number of benzene rings is 2. The Morgan fingerprint density at radius 3 is 1.08 bits per heavy atom. The van der Waals surface area contributed by atoms with E-state index in [0.717, 1.165) is 24.3 Å². The summed E-state index contributed by atoms with van der Waals surface area (Å²) in [5.74, 6) is 1.48. The molecule has 0 bridgehead atoms. The fourth-order valence-electron chi connectivity index (χ4n) is 5.76. The van der Waals surface area contributed by atoms with Crippen molar-refractivity contribution >= 4 is 11.6 Å². The average Bonchev–Trinajstić information content (AvgIpc) is 3.14. The van der Waals surface area contributed by atoms with Crippen LogP contribution in [-0.4, -0.2) is 37.9 Å². The largest absolute Gasteiger partial charge is 0.494 e. The monoisotopic (exact) mass is 689 g/mol. The van der Waals surface area contributed by atoms with Crippen LogP contribution >= 0.6 is 0 Å². The average molecular weight is 689 g/mol. The van der Waals surface area contributed by atoms with Crippen molar-refractivity contribution in [1.29, 1.82) is 0 Å². The Bertz CT molecular complexity index is 1080. The number of nitrogens with one attached hydrogen (secondary N) is 2. The van der Waals surface area contributed by atoms with Gasteiger partial charge in [0.25, 0.3) is 0 Å². The predicted molar refractivity (Wildman–Crippen MR) is 211 cm³/mol. The van der Waals surface area contributed by atoms with Gasteiger partial charge in [-0.1, -0.05) is 129 Å². The molecule has 6 heteroatoms. The van der Waals surface area contributed by atoms with Crippen LogP contribution in [0.15, 0.2) is 73.1 Å². The number of unbranched alkanes of at least 4 members (excludes halogenated alkanes) is 18. The quantitative estimate of drug-likeness (QED) is 0.0441. The molecule has 0 radical (unpaired) electrons. The number of ketones is 2. The second-order valence-electron chi connectivity index (χ2n) is 13.4. The van der Waals surface area contributed by atoms with Gasteiger partial charge in [0.05, 0.1) is 13.2 Å². The second kappa shape index (κ2) is 30.3. The fraction of sp³-hybridized carbons (Fsp3) is 0.591. The maximum atomic E-state index is 12.5. The SMILES string of the molecule is CCCCCCCCCCCCOc1ccc(C(=O)/C=C/NCCN/C=C/C(=O)c2ccc(OCCCCCCCCCCCC)cc2)cc1. The van der Waals surface area contributed by atoms with Gasteiger partial charge < -0.3 is 20.1 Å². The minimum atomic E-state index is -0.0626. The summed E-state index contributed by atoms with van der Waals surface area (Å²) in [5, 5.41) is 6.22. The first-order valence-electron chi connectivity index (χ1n) is 20.0. The maximum Gasteiger partial charge on any atom is 0.187 e. The Morgan fingerprint density at radius 2 is 0.760 bits per heavy atom. The fourth-order valence-corrected chi connectivity index (χ4v) is 5.76. The normalized spacial score (nSPS) is 11.3. The van der Waals surface area contributed by atoms with Crippen LogP contribution in [0.4, 0.5) is 0 Å². The van der Waals surface area contributed by atoms with E-state index in [-0.39, 0.29) is 11.6 Å². The molecule has 50 heavy (non-hydrogen) atoms. The molecule has 0 amide bonds. The summed E-state index contributed by atoms with van der Waals surface area (Å²) >= 11 is 0. The summed E-state index contributed by atoms with van der Waals surface area (Å²) in [5.41, 5.74) is 1.25. The number of ether oxygens (including phenoxy) is 2. The highest BCUT2D eigenvalue weighted by Crippen LogP contribution is 2.16. The zero-order valence-corrected chi connectivity index (χ0v) is 31.5. The van der Waals surface area contributed by atoms with Crippen LogP contribution in [0.1, 0.15) is 163 Å². The van der Waals surface area contributed by atoms with Crippen LogP contribution in [0.5, 0.6) is 11.5 Å². The summed E-state index contributed by atoms with van der Waals surface area (Å²) in [6.07, 6.45) is 32.5. The lowest BCUT2D eigenvalue weighted by atomic mass is 10.1. The molecule has 0 aliphatic rings. The first-order chi connectivity index (χ1) is 24.6. The second-order valence-corrected chi connectivity index (χ2v) is 13.4. The molecule has 0 heterocycles. The van der Waals surface area contributed by atoms with E-state index < -0.39 is 0 Å². The molecule has 0 fully saturated rings. The molecule has 0 atom stereocenters. The van der Waals surface area contributed by atoms with Gasteiger partial charge in [0, 0.05) is 48.8 Å². The molecule has 278 valence electrons. The third-order valence-electron chi connectivity index (χ3n) is 8.93. The van der Waals surface area contributed by atoms with Crippen molar-refractivity contribution in [3.63, 3.8) is 0 Å². The third-order valence-corrected chi connectivity index (χ3v) is 8.93. The van der Waals surface area contributed by atoms with Gasteiger partial charge in [0.2, 0.25) is 0 Å². The number of allylic oxidation sites excluding steroid dienone is 2. The molecule has 2 rings (SSSR count). The molecule has 0 spiro atoms. The van der Waals surface area contributed by atoms with Gasteiger partial charge >= 0.3 is 0 Å². The van der Waals surface area contributed by atoms with E-state index >= 15 is 0 Å². The minimum Gasteiger partial charge on any atom is -0.494 e. The Kier molecular flexibility index (Phi) is 25.8. The van der Waals surface area contributed by atoms with E-state index in [2.05, 4.69) is 24.5 Å². The topological polar surface area (TPSA) is 76.7 Å². The van der Waals surface area contributed by atoms with Gasteiger partial charge in [-0.2, -0.15) is 0 Å². The van der Waals surface area contributed by atoms with E-state index in [1.165, 1.54) is 128 Å². The zero-order chi connectivity index (χ0) is 35.7. The zero-order valence-electron chi connectivity index (χ0n) is 31.5. The molecule has 2 N–H and O–H groups in total. The van der Waals surface area contributed by atoms with Gasteiger partial charge in [-0.05, 0) is 61.4 Å². The van der Waals surface area contributed by atoms with Crippen LogP contribution in [-0.2, 0) is 0 Å². The summed E-state index contributed by atoms with van der Waals surface area (Å²) < 4.78 is 11.7. The summed E-state index contributed by atoms with van der Waals surface area (Å²) in [6, 6.07) is 14.7. The smallest absolute Gasteiger partial charge is 0.187 e. The minimum absolute atomic E-state index is 0.0626. The molecule has 6 nitrogen and oxygen atoms in total. The summed E-state index contributed by atoms with van der Waals surface area (Å²) in [4.78, 5) is 25.0. The van der Waals surface area contributed by atoms with E-state index in [0.29, 0.717) is 37.4 Å². The number of rotatable bonds is 33. The van der Waals surface area contributed by atoms with Crippen molar-refractivity contribution in [3.05, 3.63) is 84.2 Å². The molecular weight excluding hydrogens is 620 g/mol. The lowest BCUT2D eigenvalue weighted by Gasteiger charge is -2.07. The summed E-state index contributed by atoms with van der Waals surface area (Å²) in [7, 11) is 0. The van der Waals surface area contributed by atoms with Crippen molar-refractivity contribution in [2.24, 2.45) is 0 Å². The molecule has 2 aromatic carbocycles. The molecule has 2 aromatic rings. The van der Waals surface area contributed by atoms with Crippen LogP contribution < -0.4 is 20.1 Å². The first kappa shape index (κ1) is 42.6. The van der Waals surface area contributed by atoms with E-state index in [4.69, 9.17) is 9.47 Å². The Morgan fingerprint density at radius 1 is 0.460 bits per heavy atom. The van der Waals surface area contributed by atoms with Gasteiger partial charge in [0.15, 0.2) is 11.6 Å². The molecular formula is C44H68N2O4. The number of hydrogen-bond acceptors (Lipinski definition) is 6. The van der Waals surface area contributed by atoms with Crippen molar-refractivity contribution in [3.8, 4) is 11.5 Å². The molecule has 0 aromatic heterocycles. The van der Waals surface area contributed by atoms with Crippen molar-refractivity contribution < 1.29 is 19.1 Å². The van der Waals surface area contributed by atoms with Crippen molar-refractivity contribution in [1.82, 2.24) is 10.6 Å². The van der Waals surface area contributed by atoms with Crippen LogP contribution in [0.3, 0.4) is 0 Å². The lowest BCUT2D eigenvalue weighted by Crippen LogP contribution is -2.20. The van der Waals surface area contributed by atoms with E-state index in [1.54, 1.807) is 12.4 Å². The molecule has 0 saturated heterocycles. The Hall–Kier alpha value is -3.54. The Labute approximate surface area is 304 Å². The van der Waals surface area contributed by atoms with E-state index in [1.807, 2.05) is 48.5 Å². The highest BCUT2D eigenvalue weighted by molar-refractivity contribution is 6.05. The predicted octanol–water partition coefficient (Wildman–Crippen LogP) is 11.6. The van der Waals surface area contributed by atoms with E-state index in [9.17, 15) is 9.59 Å². The van der Waals surface area contributed by atoms with Gasteiger partial charge in [-0.15, -0.1) is 0 Å². The van der Waals surface area contributed by atoms with Gasteiger partial charge in [0.1, 0.15) is 11.5 Å². The Balaban J connectivity index is 1.48. The molecule has 0 aliphatic carbocycles. The van der Waals surface area contributed by atoms with Gasteiger partial charge in [-0.3, -0.25) is 9.59 Å². The lowest BCUT2D eigenvalue weighted by molar-refractivity contribution is 0.103. The highest BCUT2D eigenvalue weighted by atomic mass is 16.5. The molecule has 0 saturated carbocycles. The first-order valence-corrected chi connectivity index (χ1v) is 20.0. The number of carbonyl (C=O) groups excluding carboxylic acids is 2. The molecule has 0 unspecified atom stereocenters. The summed E-state index contributed by atoms with van der Waals surface area (Å²) in [6.45, 7) is 7.17. The third kappa shape index (κ3) is 22.2. The molecule has 0 aliphatic heterocycles. The number of hydrogen-bond donors (Lipinski definition) is 2. The van der Waals surface area contributed by atoms with Crippen LogP contribution in [0.25, 0.3) is 0 Å². The number of carbonyl (C=O) groups is 2. The van der Waals surface area contributed by atoms with Crippen LogP contribution in [0.2, 0.25) is 0 Å². The standard InChI is InChI=1S/C44H68N2O4/c1-3-5-7-9-11-13-15-17-19-21-37-49-41-27-23-39(24-28-41)43(47)31-33-45-35-36-46-34-32-44(48)40-25-29-42(30-26-40)50-38-22-20-18-16-14-12-10-8-6-4-2/h23-34,45-46H,3-22,35-38H2,1-2H3/b33-31+,34-32+. The van der Waals surface area contributed by atoms with Gasteiger partial charge in [-0.25, -0.2) is 0 Å². The maximum absolute atomic E-state index is 12.5.